The molecule has 0 N–H and O–H groups in total. The van der Waals surface area contributed by atoms with Crippen molar-refractivity contribution >= 4 is 26.7 Å². The molecule has 1 aliphatic rings. The van der Waals surface area contributed by atoms with Gasteiger partial charge in [0.1, 0.15) is 0 Å². The predicted octanol–water partition coefficient (Wildman–Crippen LogP) is 5.18. The summed E-state index contributed by atoms with van der Waals surface area (Å²) in [4.78, 5) is 2.41. The van der Waals surface area contributed by atoms with Crippen LogP contribution in [0.2, 0.25) is 0 Å². The molecule has 1 nitrogen and oxygen atoms in total. The van der Waals surface area contributed by atoms with Crippen LogP contribution in [0.15, 0.2) is 65.1 Å². The standard InChI is InChI=1S/C20H18BrN/c1-22-12-17-11-18(21)8-9-19(17)20(13-22)16-7-6-14-4-2-3-5-15(14)10-16/h2-11,20H,12-13H2,1H3. The quantitative estimate of drug-likeness (QED) is 0.583. The molecule has 1 atom stereocenters. The molecule has 4 rings (SSSR count). The van der Waals surface area contributed by atoms with Crippen LogP contribution in [0.1, 0.15) is 22.6 Å². The van der Waals surface area contributed by atoms with Gasteiger partial charge in [0.25, 0.3) is 0 Å². The van der Waals surface area contributed by atoms with Crippen LogP contribution in [0.3, 0.4) is 0 Å². The van der Waals surface area contributed by atoms with E-state index in [4.69, 9.17) is 0 Å². The third-order valence-electron chi connectivity index (χ3n) is 4.59. The maximum absolute atomic E-state index is 3.60. The van der Waals surface area contributed by atoms with Crippen molar-refractivity contribution in [2.24, 2.45) is 0 Å². The molecule has 0 fully saturated rings. The van der Waals surface area contributed by atoms with E-state index in [1.165, 1.54) is 31.9 Å². The van der Waals surface area contributed by atoms with Gasteiger partial charge in [-0.05, 0) is 46.6 Å². The molecular weight excluding hydrogens is 334 g/mol. The fraction of sp³-hybridized carbons (Fsp3) is 0.200. The average molecular weight is 352 g/mol. The second kappa shape index (κ2) is 5.53. The maximum atomic E-state index is 3.60. The van der Waals surface area contributed by atoms with Crippen LogP contribution in [0, 0.1) is 0 Å². The van der Waals surface area contributed by atoms with E-state index in [-0.39, 0.29) is 0 Å². The number of hydrogen-bond donors (Lipinski definition) is 0. The Morgan fingerprint density at radius 2 is 1.77 bits per heavy atom. The summed E-state index contributed by atoms with van der Waals surface area (Å²) in [7, 11) is 2.21. The van der Waals surface area contributed by atoms with E-state index in [0.717, 1.165) is 13.1 Å². The molecule has 0 spiro atoms. The second-order valence-electron chi connectivity index (χ2n) is 6.20. The molecule has 0 amide bonds. The first-order chi connectivity index (χ1) is 10.7. The summed E-state index contributed by atoms with van der Waals surface area (Å²) in [6, 6.07) is 22.2. The van der Waals surface area contributed by atoms with E-state index < -0.39 is 0 Å². The second-order valence-corrected chi connectivity index (χ2v) is 7.11. The number of rotatable bonds is 1. The lowest BCUT2D eigenvalue weighted by molar-refractivity contribution is 0.295. The van der Waals surface area contributed by atoms with Gasteiger partial charge in [0.2, 0.25) is 0 Å². The Morgan fingerprint density at radius 3 is 2.64 bits per heavy atom. The molecule has 1 unspecified atom stereocenters. The van der Waals surface area contributed by atoms with Gasteiger partial charge in [-0.1, -0.05) is 64.5 Å². The van der Waals surface area contributed by atoms with Crippen molar-refractivity contribution in [1.82, 2.24) is 4.90 Å². The van der Waals surface area contributed by atoms with Crippen LogP contribution in [0.4, 0.5) is 0 Å². The Balaban J connectivity index is 1.84. The number of benzene rings is 3. The van der Waals surface area contributed by atoms with Gasteiger partial charge in [0.15, 0.2) is 0 Å². The van der Waals surface area contributed by atoms with Crippen LogP contribution in [-0.4, -0.2) is 18.5 Å². The fourth-order valence-corrected chi connectivity index (χ4v) is 3.93. The van der Waals surface area contributed by atoms with Crippen LogP contribution >= 0.6 is 15.9 Å². The molecule has 0 radical (unpaired) electrons. The van der Waals surface area contributed by atoms with E-state index in [2.05, 4.69) is 88.5 Å². The highest BCUT2D eigenvalue weighted by molar-refractivity contribution is 9.10. The lowest BCUT2D eigenvalue weighted by Gasteiger charge is -2.33. The maximum Gasteiger partial charge on any atom is 0.0234 e. The van der Waals surface area contributed by atoms with Crippen LogP contribution in [-0.2, 0) is 6.54 Å². The van der Waals surface area contributed by atoms with E-state index in [1.54, 1.807) is 0 Å². The highest BCUT2D eigenvalue weighted by Gasteiger charge is 2.24. The molecular formula is C20H18BrN. The number of hydrogen-bond acceptors (Lipinski definition) is 1. The molecule has 0 bridgehead atoms. The van der Waals surface area contributed by atoms with Gasteiger partial charge in [0, 0.05) is 23.5 Å². The summed E-state index contributed by atoms with van der Waals surface area (Å²) < 4.78 is 1.17. The first-order valence-corrected chi connectivity index (χ1v) is 8.45. The third-order valence-corrected chi connectivity index (χ3v) is 5.08. The van der Waals surface area contributed by atoms with Gasteiger partial charge in [0.05, 0.1) is 0 Å². The number of halogens is 1. The van der Waals surface area contributed by atoms with E-state index in [0.29, 0.717) is 5.92 Å². The predicted molar refractivity (Wildman–Crippen MR) is 96.3 cm³/mol. The summed E-state index contributed by atoms with van der Waals surface area (Å²) in [5.74, 6) is 0.450. The van der Waals surface area contributed by atoms with Gasteiger partial charge in [-0.15, -0.1) is 0 Å². The van der Waals surface area contributed by atoms with Crippen molar-refractivity contribution in [3.63, 3.8) is 0 Å². The average Bonchev–Trinajstić information content (AvgIpc) is 2.53. The fourth-order valence-electron chi connectivity index (χ4n) is 3.53. The zero-order chi connectivity index (χ0) is 15.1. The minimum atomic E-state index is 0.450. The summed E-state index contributed by atoms with van der Waals surface area (Å²) in [5, 5.41) is 2.64. The molecule has 0 aliphatic carbocycles. The van der Waals surface area contributed by atoms with Gasteiger partial charge in [-0.2, -0.15) is 0 Å². The minimum Gasteiger partial charge on any atom is -0.301 e. The monoisotopic (exact) mass is 351 g/mol. The van der Waals surface area contributed by atoms with Crippen molar-refractivity contribution in [1.29, 1.82) is 0 Å². The molecule has 0 saturated carbocycles. The van der Waals surface area contributed by atoms with Crippen molar-refractivity contribution in [2.45, 2.75) is 12.5 Å². The van der Waals surface area contributed by atoms with Crippen LogP contribution in [0.25, 0.3) is 10.8 Å². The molecule has 110 valence electrons. The van der Waals surface area contributed by atoms with Crippen molar-refractivity contribution in [2.75, 3.05) is 13.6 Å². The zero-order valence-corrected chi connectivity index (χ0v) is 14.2. The van der Waals surface area contributed by atoms with Gasteiger partial charge >= 0.3 is 0 Å². The zero-order valence-electron chi connectivity index (χ0n) is 12.6. The highest BCUT2D eigenvalue weighted by Crippen LogP contribution is 2.35. The summed E-state index contributed by atoms with van der Waals surface area (Å²) in [6.45, 7) is 2.10. The molecule has 3 aromatic rings. The smallest absolute Gasteiger partial charge is 0.0234 e. The molecule has 1 aliphatic heterocycles. The van der Waals surface area contributed by atoms with Gasteiger partial charge in [-0.25, -0.2) is 0 Å². The highest BCUT2D eigenvalue weighted by atomic mass is 79.9. The molecule has 3 aromatic carbocycles. The Labute approximate surface area is 139 Å². The lowest BCUT2D eigenvalue weighted by atomic mass is 9.84. The Kier molecular flexibility index (Phi) is 3.51. The van der Waals surface area contributed by atoms with Crippen LogP contribution < -0.4 is 0 Å². The first-order valence-electron chi connectivity index (χ1n) is 7.66. The molecule has 2 heteroatoms. The summed E-state index contributed by atoms with van der Waals surface area (Å²) in [5.41, 5.74) is 4.31. The molecule has 0 aromatic heterocycles. The van der Waals surface area contributed by atoms with Crippen molar-refractivity contribution < 1.29 is 0 Å². The lowest BCUT2D eigenvalue weighted by Crippen LogP contribution is -2.30. The topological polar surface area (TPSA) is 3.24 Å². The molecule has 22 heavy (non-hydrogen) atoms. The Morgan fingerprint density at radius 1 is 0.955 bits per heavy atom. The summed E-state index contributed by atoms with van der Waals surface area (Å²) in [6.07, 6.45) is 0. The number of likely N-dealkylation sites (N-methyl/N-ethyl adjacent to an activating group) is 1. The minimum absolute atomic E-state index is 0.450. The van der Waals surface area contributed by atoms with E-state index in [1.807, 2.05) is 0 Å². The Bertz CT molecular complexity index is 840. The summed E-state index contributed by atoms with van der Waals surface area (Å²) >= 11 is 3.60. The van der Waals surface area contributed by atoms with Crippen molar-refractivity contribution in [3.8, 4) is 0 Å². The van der Waals surface area contributed by atoms with E-state index in [9.17, 15) is 0 Å². The van der Waals surface area contributed by atoms with Gasteiger partial charge < -0.3 is 4.90 Å². The van der Waals surface area contributed by atoms with Crippen LogP contribution in [0.5, 0.6) is 0 Å². The van der Waals surface area contributed by atoms with Crippen molar-refractivity contribution in [3.05, 3.63) is 81.8 Å². The van der Waals surface area contributed by atoms with E-state index >= 15 is 0 Å². The Hall–Kier alpha value is -1.64. The number of nitrogens with zero attached hydrogens (tertiary/aromatic N) is 1. The molecule has 1 heterocycles. The largest absolute Gasteiger partial charge is 0.301 e. The van der Waals surface area contributed by atoms with Gasteiger partial charge in [-0.3, -0.25) is 0 Å². The molecule has 0 saturated heterocycles. The SMILES string of the molecule is CN1Cc2cc(Br)ccc2C(c2ccc3ccccc3c2)C1. The normalized spacial score (nSPS) is 18.4. The number of fused-ring (bicyclic) bond motifs is 2. The first kappa shape index (κ1) is 14.0. The third kappa shape index (κ3) is 2.47.